The maximum atomic E-state index is 7.17. The minimum atomic E-state index is -0.342. The lowest BCUT2D eigenvalue weighted by molar-refractivity contribution is 0.613. The van der Waals surface area contributed by atoms with E-state index in [4.69, 9.17) is 23.2 Å². The molecule has 0 bridgehead atoms. The van der Waals surface area contributed by atoms with Gasteiger partial charge in [0, 0.05) is 60.9 Å². The van der Waals surface area contributed by atoms with Crippen molar-refractivity contribution in [2.75, 3.05) is 43.0 Å². The van der Waals surface area contributed by atoms with Gasteiger partial charge in [0.2, 0.25) is 0 Å². The summed E-state index contributed by atoms with van der Waals surface area (Å²) in [4.78, 5) is 5.19. The van der Waals surface area contributed by atoms with Crippen LogP contribution in [0.2, 0.25) is 10.0 Å². The molecule has 4 aliphatic rings. The van der Waals surface area contributed by atoms with Crippen LogP contribution < -0.4 is 15.1 Å². The van der Waals surface area contributed by atoms with Crippen LogP contribution in [0.25, 0.3) is 5.57 Å². The van der Waals surface area contributed by atoms with Gasteiger partial charge in [0.05, 0.1) is 10.4 Å². The van der Waals surface area contributed by atoms with E-state index >= 15 is 0 Å². The molecule has 244 valence electrons. The van der Waals surface area contributed by atoms with Gasteiger partial charge in [-0.15, -0.1) is 0 Å². The summed E-state index contributed by atoms with van der Waals surface area (Å²) in [7, 11) is 1.97. The third-order valence-electron chi connectivity index (χ3n) is 11.1. The van der Waals surface area contributed by atoms with E-state index < -0.39 is 0 Å². The summed E-state index contributed by atoms with van der Waals surface area (Å²) in [5.41, 5.74) is 18.0. The molecule has 2 aliphatic carbocycles. The van der Waals surface area contributed by atoms with Crippen molar-refractivity contribution < 1.29 is 0 Å². The number of fused-ring (bicyclic) bond motifs is 8. The molecule has 3 aromatic rings. The average Bonchev–Trinajstić information content (AvgIpc) is 3.38. The molecule has 1 spiro atoms. The number of aryl methyl sites for hydroxylation is 2. The summed E-state index contributed by atoms with van der Waals surface area (Å²) >= 11 is 14.3. The zero-order valence-corrected chi connectivity index (χ0v) is 30.4. The Hall–Kier alpha value is -2.88. The van der Waals surface area contributed by atoms with Crippen LogP contribution in [0.15, 0.2) is 43.1 Å². The van der Waals surface area contributed by atoms with Crippen LogP contribution >= 0.6 is 23.2 Å². The van der Waals surface area contributed by atoms with Crippen molar-refractivity contribution in [1.82, 2.24) is 5.32 Å². The van der Waals surface area contributed by atoms with Gasteiger partial charge in [-0.1, -0.05) is 62.3 Å². The second-order valence-corrected chi connectivity index (χ2v) is 14.3. The van der Waals surface area contributed by atoms with Crippen molar-refractivity contribution in [1.29, 1.82) is 0 Å². The Balaban J connectivity index is 0.00000182. The number of nitrogens with zero attached hydrogens (tertiary/aromatic N) is 2. The first kappa shape index (κ1) is 33.0. The Labute approximate surface area is 287 Å². The van der Waals surface area contributed by atoms with Crippen molar-refractivity contribution in [3.63, 3.8) is 0 Å². The smallest absolute Gasteiger partial charge is 0.0528 e. The predicted octanol–water partition coefficient (Wildman–Crippen LogP) is 10.3. The molecular weight excluding hydrogens is 605 g/mol. The second-order valence-electron chi connectivity index (χ2n) is 13.5. The molecule has 3 aromatic carbocycles. The number of halogens is 2. The Morgan fingerprint density at radius 3 is 2.04 bits per heavy atom. The maximum absolute atomic E-state index is 7.17. The molecule has 3 nitrogen and oxygen atoms in total. The summed E-state index contributed by atoms with van der Waals surface area (Å²) in [5, 5.41) is 4.78. The summed E-state index contributed by atoms with van der Waals surface area (Å²) in [6.45, 7) is 23.7. The highest BCUT2D eigenvalue weighted by molar-refractivity contribution is 6.38. The molecule has 0 radical (unpaired) electrons. The monoisotopic (exact) mass is 655 g/mol. The van der Waals surface area contributed by atoms with E-state index in [0.29, 0.717) is 0 Å². The number of nitrogens with one attached hydrogen (secondary N) is 1. The van der Waals surface area contributed by atoms with E-state index in [0.717, 1.165) is 103 Å². The van der Waals surface area contributed by atoms with Crippen molar-refractivity contribution in [2.45, 2.75) is 91.4 Å². The highest BCUT2D eigenvalue weighted by atomic mass is 35.5. The molecular formula is C41H51Cl2N3. The van der Waals surface area contributed by atoms with Crippen LogP contribution in [-0.4, -0.2) is 33.2 Å². The molecule has 0 saturated carbocycles. The van der Waals surface area contributed by atoms with Gasteiger partial charge in [0.1, 0.15) is 0 Å². The number of rotatable bonds is 6. The lowest BCUT2D eigenvalue weighted by Gasteiger charge is -2.43. The van der Waals surface area contributed by atoms with Crippen LogP contribution in [0.1, 0.15) is 109 Å². The first-order valence-corrected chi connectivity index (χ1v) is 18.3. The van der Waals surface area contributed by atoms with Crippen molar-refractivity contribution in [3.05, 3.63) is 109 Å². The fraction of sp³-hybridized carbons (Fsp3) is 0.463. The molecule has 5 heteroatoms. The molecule has 0 fully saturated rings. The third-order valence-corrected chi connectivity index (χ3v) is 12.1. The summed E-state index contributed by atoms with van der Waals surface area (Å²) < 4.78 is 0. The number of hydrogen-bond donors (Lipinski definition) is 1. The zero-order chi connectivity index (χ0) is 32.9. The fourth-order valence-electron chi connectivity index (χ4n) is 8.90. The highest BCUT2D eigenvalue weighted by Gasteiger charge is 2.51. The van der Waals surface area contributed by atoms with Crippen LogP contribution in [0.3, 0.4) is 0 Å². The van der Waals surface area contributed by atoms with Gasteiger partial charge in [0.15, 0.2) is 0 Å². The van der Waals surface area contributed by atoms with E-state index in [-0.39, 0.29) is 5.41 Å². The maximum Gasteiger partial charge on any atom is 0.0528 e. The largest absolute Gasteiger partial charge is 0.392 e. The lowest BCUT2D eigenvalue weighted by Crippen LogP contribution is -2.37. The lowest BCUT2D eigenvalue weighted by atomic mass is 9.61. The summed E-state index contributed by atoms with van der Waals surface area (Å²) in [6.07, 6.45) is 8.52. The number of hydrogen-bond acceptors (Lipinski definition) is 3. The van der Waals surface area contributed by atoms with E-state index in [1.165, 1.54) is 63.2 Å². The van der Waals surface area contributed by atoms with E-state index in [9.17, 15) is 0 Å². The SMILES string of the molecule is C=C(CCCN1CCCc2cc3c(cc21)Cc1cc2c(cc1C31CC(=C)c3c(Cl)c(C)c(Cl)c(C)c31)CCCN2CC)NC.CC. The topological polar surface area (TPSA) is 18.5 Å². The molecule has 1 atom stereocenters. The number of benzene rings is 3. The first-order valence-electron chi connectivity index (χ1n) is 17.5. The molecule has 2 aliphatic heterocycles. The molecule has 7 rings (SSSR count). The second kappa shape index (κ2) is 13.0. The molecule has 2 heterocycles. The molecule has 0 saturated heterocycles. The normalized spacial score (nSPS) is 19.1. The van der Waals surface area contributed by atoms with Gasteiger partial charge in [-0.3, -0.25) is 0 Å². The van der Waals surface area contributed by atoms with Gasteiger partial charge >= 0.3 is 0 Å². The molecule has 1 N–H and O–H groups in total. The van der Waals surface area contributed by atoms with Crippen LogP contribution in [0, 0.1) is 13.8 Å². The Morgan fingerprint density at radius 1 is 0.870 bits per heavy atom. The van der Waals surface area contributed by atoms with Crippen LogP contribution in [-0.2, 0) is 24.7 Å². The van der Waals surface area contributed by atoms with Crippen LogP contribution in [0.4, 0.5) is 11.4 Å². The molecule has 0 amide bonds. The Bertz CT molecular complexity index is 1720. The summed E-state index contributed by atoms with van der Waals surface area (Å²) in [5.74, 6) is 0. The fourth-order valence-corrected chi connectivity index (χ4v) is 9.46. The quantitative estimate of drug-likeness (QED) is 0.285. The first-order chi connectivity index (χ1) is 22.2. The number of anilines is 2. The minimum absolute atomic E-state index is 0.342. The zero-order valence-electron chi connectivity index (χ0n) is 28.9. The number of allylic oxidation sites excluding steroid dienone is 2. The Morgan fingerprint density at radius 2 is 1.46 bits per heavy atom. The van der Waals surface area contributed by atoms with Gasteiger partial charge < -0.3 is 15.1 Å². The third kappa shape index (κ3) is 5.08. The molecule has 1 unspecified atom stereocenters. The van der Waals surface area contributed by atoms with Crippen molar-refractivity contribution in [2.24, 2.45) is 0 Å². The van der Waals surface area contributed by atoms with Crippen molar-refractivity contribution in [3.8, 4) is 0 Å². The predicted molar refractivity (Wildman–Crippen MR) is 201 cm³/mol. The van der Waals surface area contributed by atoms with E-state index in [1.54, 1.807) is 0 Å². The van der Waals surface area contributed by atoms with Gasteiger partial charge in [0.25, 0.3) is 0 Å². The van der Waals surface area contributed by atoms with E-state index in [2.05, 4.69) is 66.4 Å². The minimum Gasteiger partial charge on any atom is -0.392 e. The van der Waals surface area contributed by atoms with Gasteiger partial charge in [-0.25, -0.2) is 0 Å². The van der Waals surface area contributed by atoms with Crippen LogP contribution in [0.5, 0.6) is 0 Å². The Kier molecular flexibility index (Phi) is 9.31. The molecule has 46 heavy (non-hydrogen) atoms. The standard InChI is InChI=1S/C39H45Cl2N3.C2H6/c1-7-43-14-9-12-27-18-31-29(20-33(27)43)17-30-21-34-28(13-10-16-44(34)15-8-11-24(3)42-6)19-32(30)39(31)22-23(2)35-36(39)25(4)37(40)26(5)38(35)41;1-2/h18-21,42H,2-3,7-17,22H2,1,4-6H3;1-2H3. The molecule has 0 aromatic heterocycles. The highest BCUT2D eigenvalue weighted by Crippen LogP contribution is 2.61. The van der Waals surface area contributed by atoms with Crippen molar-refractivity contribution >= 4 is 40.1 Å². The van der Waals surface area contributed by atoms with Gasteiger partial charge in [-0.05, 0) is 140 Å². The van der Waals surface area contributed by atoms with E-state index in [1.807, 2.05) is 27.8 Å². The average molecular weight is 657 g/mol. The van der Waals surface area contributed by atoms with Gasteiger partial charge in [-0.2, -0.15) is 0 Å². The summed E-state index contributed by atoms with van der Waals surface area (Å²) in [6, 6.07) is 10.2.